The quantitative estimate of drug-likeness (QED) is 0.273. The summed E-state index contributed by atoms with van der Waals surface area (Å²) in [6.45, 7) is 11.9. The van der Waals surface area contributed by atoms with Crippen LogP contribution in [0.4, 0.5) is 4.39 Å². The first-order valence-electron chi connectivity index (χ1n) is 14.7. The molecule has 3 heterocycles. The molecule has 2 aromatic heterocycles. The first-order chi connectivity index (χ1) is 20.8. The van der Waals surface area contributed by atoms with Crippen molar-refractivity contribution in [2.24, 2.45) is 11.7 Å². The molecule has 4 aliphatic rings. The molecule has 2 atom stereocenters. The normalized spacial score (nSPS) is 17.7. The van der Waals surface area contributed by atoms with Gasteiger partial charge in [-0.1, -0.05) is 24.6 Å². The maximum atomic E-state index is 14.9. The molecule has 8 nitrogen and oxygen atoms in total. The summed E-state index contributed by atoms with van der Waals surface area (Å²) in [5, 5.41) is 18.3. The molecule has 44 heavy (non-hydrogen) atoms. The summed E-state index contributed by atoms with van der Waals surface area (Å²) in [5.74, 6) is 1.37. The van der Waals surface area contributed by atoms with Gasteiger partial charge in [0.2, 0.25) is 0 Å². The van der Waals surface area contributed by atoms with E-state index in [0.717, 1.165) is 36.0 Å². The van der Waals surface area contributed by atoms with Crippen LogP contribution in [0.3, 0.4) is 0 Å². The Kier molecular flexibility index (Phi) is 19.5. The second-order valence-electron chi connectivity index (χ2n) is 10.6. The predicted molar refractivity (Wildman–Crippen MR) is 172 cm³/mol. The molecule has 6 rings (SSSR count). The van der Waals surface area contributed by atoms with Crippen molar-refractivity contribution in [2.75, 3.05) is 48.1 Å². The van der Waals surface area contributed by atoms with Gasteiger partial charge in [0, 0.05) is 69.3 Å². The SMILES string of the molecule is CN.CO.COC.[CH-]1CC1.[CH-]=C1C=C(CNCC(c2cc3c(c(-c4c(C)cncc4F)n2)OCC3C)C2CC2)C=CC1=N.[K+]. The number of aryl methyl sites for hydroxylation is 1. The van der Waals surface area contributed by atoms with Gasteiger partial charge < -0.3 is 37.5 Å². The Bertz CT molecular complexity index is 1250. The molecule has 3 aliphatic carbocycles. The Hall–Kier alpha value is -1.60. The molecule has 2 saturated carbocycles. The van der Waals surface area contributed by atoms with Crippen molar-refractivity contribution in [3.05, 3.63) is 83.5 Å². The van der Waals surface area contributed by atoms with Crippen LogP contribution in [0, 0.1) is 37.1 Å². The van der Waals surface area contributed by atoms with Crippen LogP contribution in [0.2, 0.25) is 0 Å². The van der Waals surface area contributed by atoms with Crippen molar-refractivity contribution in [3.63, 3.8) is 0 Å². The molecule has 236 valence electrons. The van der Waals surface area contributed by atoms with Gasteiger partial charge >= 0.3 is 51.4 Å². The largest absolute Gasteiger partial charge is 1.00 e. The number of ether oxygens (including phenoxy) is 2. The number of nitrogens with two attached hydrogens (primary N) is 1. The topological polar surface area (TPSA) is 126 Å². The number of hydrogen-bond acceptors (Lipinski definition) is 8. The number of aliphatic hydroxyl groups is 1. The number of halogens is 1. The minimum Gasteiger partial charge on any atom is -0.490 e. The van der Waals surface area contributed by atoms with Gasteiger partial charge in [-0.05, 0) is 50.1 Å². The van der Waals surface area contributed by atoms with Crippen LogP contribution in [0.5, 0.6) is 5.75 Å². The monoisotopic (exact) mass is 632 g/mol. The number of nitrogens with zero attached hydrogens (tertiary/aromatic N) is 2. The Morgan fingerprint density at radius 1 is 1.23 bits per heavy atom. The van der Waals surface area contributed by atoms with Gasteiger partial charge in [0.1, 0.15) is 11.4 Å². The molecule has 0 spiro atoms. The second-order valence-corrected chi connectivity index (χ2v) is 10.6. The van der Waals surface area contributed by atoms with Crippen LogP contribution < -0.4 is 67.2 Å². The summed E-state index contributed by atoms with van der Waals surface area (Å²) in [6, 6.07) is 2.17. The summed E-state index contributed by atoms with van der Waals surface area (Å²) < 4.78 is 25.1. The number of fused-ring (bicyclic) bond motifs is 1. The van der Waals surface area contributed by atoms with E-state index in [2.05, 4.69) is 40.2 Å². The van der Waals surface area contributed by atoms with Gasteiger partial charge in [0.25, 0.3) is 0 Å². The molecule has 0 saturated heterocycles. The summed E-state index contributed by atoms with van der Waals surface area (Å²) in [5.41, 5.74) is 10.3. The third-order valence-electron chi connectivity index (χ3n) is 7.03. The summed E-state index contributed by atoms with van der Waals surface area (Å²) in [4.78, 5) is 8.99. The number of methoxy groups -OCH3 is 1. The number of aliphatic hydroxyl groups excluding tert-OH is 1. The number of aromatic nitrogens is 2. The van der Waals surface area contributed by atoms with Gasteiger partial charge in [-0.25, -0.2) is 28.8 Å². The van der Waals surface area contributed by atoms with E-state index in [1.165, 1.54) is 38.9 Å². The van der Waals surface area contributed by atoms with E-state index in [9.17, 15) is 4.39 Å². The Morgan fingerprint density at radius 2 is 1.86 bits per heavy atom. The van der Waals surface area contributed by atoms with E-state index in [0.29, 0.717) is 47.4 Å². The second kappa shape index (κ2) is 21.2. The maximum absolute atomic E-state index is 14.9. The average molecular weight is 633 g/mol. The fourth-order valence-corrected chi connectivity index (χ4v) is 4.69. The molecule has 2 aromatic rings. The summed E-state index contributed by atoms with van der Waals surface area (Å²) >= 11 is 0. The molecule has 0 aromatic carbocycles. The van der Waals surface area contributed by atoms with Crippen LogP contribution in [0.25, 0.3) is 11.3 Å². The fourth-order valence-electron chi connectivity index (χ4n) is 4.69. The predicted octanol–water partition coefficient (Wildman–Crippen LogP) is 2.48. The summed E-state index contributed by atoms with van der Waals surface area (Å²) in [6.07, 6.45) is 15.8. The van der Waals surface area contributed by atoms with E-state index in [4.69, 9.17) is 26.8 Å². The zero-order chi connectivity index (χ0) is 31.9. The minimum atomic E-state index is -0.374. The molecule has 0 amide bonds. The van der Waals surface area contributed by atoms with Crippen molar-refractivity contribution in [3.8, 4) is 17.0 Å². The first-order valence-corrected chi connectivity index (χ1v) is 14.7. The van der Waals surface area contributed by atoms with Gasteiger partial charge in [-0.3, -0.25) is 4.98 Å². The Morgan fingerprint density at radius 3 is 2.41 bits per heavy atom. The molecule has 2 fully saturated rings. The van der Waals surface area contributed by atoms with E-state index in [1.807, 2.05) is 19.1 Å². The van der Waals surface area contributed by atoms with Crippen molar-refractivity contribution in [1.82, 2.24) is 15.3 Å². The molecular weight excluding hydrogens is 585 g/mol. The number of nitrogens with one attached hydrogen (secondary N) is 2. The maximum Gasteiger partial charge on any atom is 1.00 e. The molecule has 0 radical (unpaired) electrons. The van der Waals surface area contributed by atoms with Crippen molar-refractivity contribution in [1.29, 1.82) is 5.41 Å². The first kappa shape index (κ1) is 40.4. The third kappa shape index (κ3) is 12.0. The minimum absolute atomic E-state index is 0. The van der Waals surface area contributed by atoms with E-state index in [1.54, 1.807) is 26.5 Å². The van der Waals surface area contributed by atoms with Crippen LogP contribution in [0.15, 0.2) is 47.8 Å². The molecule has 5 N–H and O–H groups in total. The van der Waals surface area contributed by atoms with Crippen LogP contribution >= 0.6 is 0 Å². The van der Waals surface area contributed by atoms with Gasteiger partial charge in [0.05, 0.1) is 12.8 Å². The number of hydrogen-bond donors (Lipinski definition) is 4. The third-order valence-corrected chi connectivity index (χ3v) is 7.03. The fraction of sp³-hybridized carbons (Fsp3) is 0.471. The number of allylic oxidation sites excluding steroid dienone is 3. The van der Waals surface area contributed by atoms with E-state index in [-0.39, 0.29) is 69.0 Å². The Labute approximate surface area is 305 Å². The van der Waals surface area contributed by atoms with Crippen molar-refractivity contribution >= 4 is 5.71 Å². The smallest absolute Gasteiger partial charge is 0.490 e. The molecule has 10 heteroatoms. The Balaban J connectivity index is 0.000000777. The molecular formula is C34H48FKN5O3-. The summed E-state index contributed by atoms with van der Waals surface area (Å²) in [7, 11) is 5.75. The van der Waals surface area contributed by atoms with Gasteiger partial charge in [0.15, 0.2) is 5.82 Å². The van der Waals surface area contributed by atoms with Crippen molar-refractivity contribution < 1.29 is 70.4 Å². The van der Waals surface area contributed by atoms with Gasteiger partial charge in [-0.15, -0.1) is 0 Å². The molecule has 0 bridgehead atoms. The van der Waals surface area contributed by atoms with Crippen molar-refractivity contribution in [2.45, 2.75) is 51.4 Å². The molecule has 1 aliphatic heterocycles. The van der Waals surface area contributed by atoms with Crippen LogP contribution in [-0.2, 0) is 4.74 Å². The average Bonchev–Trinajstić information content (AvgIpc) is 3.94. The zero-order valence-electron chi connectivity index (χ0n) is 27.4. The van der Waals surface area contributed by atoms with Crippen LogP contribution in [-0.4, -0.2) is 68.9 Å². The van der Waals surface area contributed by atoms with E-state index >= 15 is 0 Å². The number of pyridine rings is 2. The standard InChI is InChI=1S/C27H28FN4O.C3H5.C2H6O.CH5N.CH4O.K/c1-15-8-18(4-7-23(15)29)11-31-12-21(19-5-6-19)24-9-20-17(3)14-33-27(20)26(32-24)25-16(2)10-30-13-22(25)28;1-2-3-1;1-3-2;2*1-2;/h1,4,7-10,13,17,19,21,29,31H,5-6,11-12,14H2,2-3H3;1H,2-3H2;1-2H3;2H2,1H3;2H,1H3;/q2*-1;;;;+1. The number of rotatable bonds is 7. The molecule has 2 unspecified atom stereocenters. The zero-order valence-corrected chi connectivity index (χ0v) is 30.5. The van der Waals surface area contributed by atoms with E-state index < -0.39 is 0 Å². The van der Waals surface area contributed by atoms with Gasteiger partial charge in [-0.2, -0.15) is 11.6 Å². The van der Waals surface area contributed by atoms with Crippen LogP contribution in [0.1, 0.15) is 61.3 Å².